The lowest BCUT2D eigenvalue weighted by molar-refractivity contribution is 0.587. The number of hydrogen-bond donors (Lipinski definition) is 2. The van der Waals surface area contributed by atoms with Crippen LogP contribution in [0.3, 0.4) is 0 Å². The van der Waals surface area contributed by atoms with E-state index in [1.165, 1.54) is 0 Å². The molecule has 1 aromatic carbocycles. The van der Waals surface area contributed by atoms with Gasteiger partial charge in [0.25, 0.3) is 0 Å². The minimum absolute atomic E-state index is 0.0968. The summed E-state index contributed by atoms with van der Waals surface area (Å²) in [6.45, 7) is 2.63. The first-order valence-corrected chi connectivity index (χ1v) is 10.6. The second-order valence-corrected chi connectivity index (χ2v) is 9.46. The summed E-state index contributed by atoms with van der Waals surface area (Å²) >= 11 is 5.94. The van der Waals surface area contributed by atoms with Gasteiger partial charge in [-0.2, -0.15) is 0 Å². The molecule has 1 heterocycles. The van der Waals surface area contributed by atoms with Gasteiger partial charge in [-0.15, -0.1) is 0 Å². The van der Waals surface area contributed by atoms with Gasteiger partial charge in [0.15, 0.2) is 15.8 Å². The summed E-state index contributed by atoms with van der Waals surface area (Å²) < 4.78 is 23.1. The molecule has 3 rings (SSSR count). The maximum absolute atomic E-state index is 11.6. The van der Waals surface area contributed by atoms with Crippen LogP contribution in [0.1, 0.15) is 37.8 Å². The van der Waals surface area contributed by atoms with Crippen LogP contribution >= 0.6 is 11.6 Å². The molecule has 5 nitrogen and oxygen atoms in total. The Hall–Kier alpha value is -1.27. The first kappa shape index (κ1) is 17.5. The van der Waals surface area contributed by atoms with Gasteiger partial charge >= 0.3 is 0 Å². The van der Waals surface area contributed by atoms with Gasteiger partial charge in [0.1, 0.15) is 0 Å². The van der Waals surface area contributed by atoms with Crippen molar-refractivity contribution in [2.75, 3.05) is 18.1 Å². The number of nitrogens with one attached hydrogen (secondary N) is 2. The second kappa shape index (κ2) is 7.31. The Balaban J connectivity index is 1.62. The third kappa shape index (κ3) is 5.11. The summed E-state index contributed by atoms with van der Waals surface area (Å²) in [5.41, 5.74) is 1.13. The Bertz CT molecular complexity index is 699. The van der Waals surface area contributed by atoms with E-state index in [9.17, 15) is 8.42 Å². The van der Waals surface area contributed by atoms with E-state index in [1.807, 2.05) is 24.3 Å². The van der Waals surface area contributed by atoms with Gasteiger partial charge in [0, 0.05) is 17.6 Å². The standard InChI is InChI=1S/C17H24ClN3O2S/c1-12(14-2-4-15(18)5-3-14)20-17(21-16-6-7-16)19-10-13-8-9-24(22,23)11-13/h2-5,12-13,16H,6-11H2,1H3,(H2,19,20,21). The molecule has 1 aliphatic carbocycles. The van der Waals surface area contributed by atoms with Crippen molar-refractivity contribution < 1.29 is 8.42 Å². The third-order valence-corrected chi connectivity index (χ3v) is 6.56. The number of nitrogens with zero attached hydrogens (tertiary/aromatic N) is 1. The summed E-state index contributed by atoms with van der Waals surface area (Å²) in [4.78, 5) is 4.64. The molecule has 0 amide bonds. The van der Waals surface area contributed by atoms with Crippen molar-refractivity contribution >= 4 is 27.4 Å². The van der Waals surface area contributed by atoms with E-state index < -0.39 is 9.84 Å². The van der Waals surface area contributed by atoms with Crippen molar-refractivity contribution in [3.8, 4) is 0 Å². The quantitative estimate of drug-likeness (QED) is 0.618. The zero-order valence-corrected chi connectivity index (χ0v) is 15.4. The van der Waals surface area contributed by atoms with Gasteiger partial charge in [-0.1, -0.05) is 23.7 Å². The first-order valence-electron chi connectivity index (χ1n) is 8.45. The lowest BCUT2D eigenvalue weighted by atomic mass is 10.1. The molecule has 0 aromatic heterocycles. The molecular weight excluding hydrogens is 346 g/mol. The third-order valence-electron chi connectivity index (χ3n) is 4.48. The van der Waals surface area contributed by atoms with Gasteiger partial charge in [0.2, 0.25) is 0 Å². The smallest absolute Gasteiger partial charge is 0.191 e. The minimum Gasteiger partial charge on any atom is -0.354 e. The first-order chi connectivity index (χ1) is 11.4. The van der Waals surface area contributed by atoms with Crippen LogP contribution in [0.25, 0.3) is 0 Å². The number of hydrogen-bond acceptors (Lipinski definition) is 3. The van der Waals surface area contributed by atoms with Crippen molar-refractivity contribution in [3.05, 3.63) is 34.9 Å². The Morgan fingerprint density at radius 1 is 1.29 bits per heavy atom. The van der Waals surface area contributed by atoms with E-state index in [0.29, 0.717) is 18.3 Å². The highest BCUT2D eigenvalue weighted by atomic mass is 35.5. The summed E-state index contributed by atoms with van der Waals surface area (Å²) in [6, 6.07) is 8.34. The Morgan fingerprint density at radius 2 is 2.00 bits per heavy atom. The SMILES string of the molecule is CC(NC(=NCC1CCS(=O)(=O)C1)NC1CC1)c1ccc(Cl)cc1. The summed E-state index contributed by atoms with van der Waals surface area (Å²) in [6.07, 6.45) is 3.04. The maximum atomic E-state index is 11.6. The van der Waals surface area contributed by atoms with E-state index in [-0.39, 0.29) is 17.7 Å². The molecular formula is C17H24ClN3O2S. The molecule has 2 atom stereocenters. The molecule has 0 spiro atoms. The molecule has 0 radical (unpaired) electrons. The Labute approximate surface area is 148 Å². The largest absolute Gasteiger partial charge is 0.354 e. The van der Waals surface area contributed by atoms with Crippen LogP contribution < -0.4 is 10.6 Å². The number of sulfone groups is 1. The molecule has 24 heavy (non-hydrogen) atoms. The molecule has 7 heteroatoms. The van der Waals surface area contributed by atoms with Crippen molar-refractivity contribution in [2.45, 2.75) is 38.3 Å². The molecule has 2 aliphatic rings. The minimum atomic E-state index is -2.85. The van der Waals surface area contributed by atoms with Crippen LogP contribution in [-0.4, -0.2) is 38.5 Å². The van der Waals surface area contributed by atoms with E-state index in [1.54, 1.807) is 0 Å². The number of guanidine groups is 1. The normalized spacial score (nSPS) is 24.6. The number of halogens is 1. The predicted molar refractivity (Wildman–Crippen MR) is 98.2 cm³/mol. The number of rotatable bonds is 5. The average Bonchev–Trinajstić information content (AvgIpc) is 3.27. The lowest BCUT2D eigenvalue weighted by Gasteiger charge is -2.19. The van der Waals surface area contributed by atoms with Gasteiger partial charge < -0.3 is 10.6 Å². The molecule has 0 bridgehead atoms. The second-order valence-electron chi connectivity index (χ2n) is 6.79. The number of aliphatic imine (C=N–C) groups is 1. The highest BCUT2D eigenvalue weighted by Gasteiger charge is 2.28. The summed E-state index contributed by atoms with van der Waals surface area (Å²) in [5.74, 6) is 1.47. The fourth-order valence-corrected chi connectivity index (χ4v) is 4.81. The molecule has 1 saturated carbocycles. The molecule has 1 saturated heterocycles. The van der Waals surface area contributed by atoms with Gasteiger partial charge in [-0.05, 0) is 49.8 Å². The van der Waals surface area contributed by atoms with Crippen LogP contribution in [0, 0.1) is 5.92 Å². The Kier molecular flexibility index (Phi) is 5.35. The van der Waals surface area contributed by atoms with Gasteiger partial charge in [-0.3, -0.25) is 4.99 Å². The molecule has 1 aliphatic heterocycles. The van der Waals surface area contributed by atoms with Crippen LogP contribution in [-0.2, 0) is 9.84 Å². The predicted octanol–water partition coefficient (Wildman–Crippen LogP) is 2.53. The zero-order chi connectivity index (χ0) is 17.2. The van der Waals surface area contributed by atoms with Crippen molar-refractivity contribution in [2.24, 2.45) is 10.9 Å². The van der Waals surface area contributed by atoms with Crippen molar-refractivity contribution in [1.82, 2.24) is 10.6 Å². The topological polar surface area (TPSA) is 70.6 Å². The fourth-order valence-electron chi connectivity index (χ4n) is 2.83. The van der Waals surface area contributed by atoms with Crippen LogP contribution in [0.4, 0.5) is 0 Å². The fraction of sp³-hybridized carbons (Fsp3) is 0.588. The summed E-state index contributed by atoms with van der Waals surface area (Å²) in [7, 11) is -2.85. The van der Waals surface area contributed by atoms with Crippen LogP contribution in [0.2, 0.25) is 5.02 Å². The number of benzene rings is 1. The van der Waals surface area contributed by atoms with Gasteiger partial charge in [-0.25, -0.2) is 8.42 Å². The van der Waals surface area contributed by atoms with Crippen LogP contribution in [0.5, 0.6) is 0 Å². The molecule has 1 aromatic rings. The average molecular weight is 370 g/mol. The highest BCUT2D eigenvalue weighted by Crippen LogP contribution is 2.21. The van der Waals surface area contributed by atoms with E-state index in [0.717, 1.165) is 35.8 Å². The van der Waals surface area contributed by atoms with Crippen LogP contribution in [0.15, 0.2) is 29.3 Å². The Morgan fingerprint density at radius 3 is 2.58 bits per heavy atom. The maximum Gasteiger partial charge on any atom is 0.191 e. The van der Waals surface area contributed by atoms with Crippen molar-refractivity contribution in [1.29, 1.82) is 0 Å². The summed E-state index contributed by atoms with van der Waals surface area (Å²) in [5, 5.41) is 7.55. The van der Waals surface area contributed by atoms with E-state index in [2.05, 4.69) is 22.5 Å². The molecule has 132 valence electrons. The highest BCUT2D eigenvalue weighted by molar-refractivity contribution is 7.91. The van der Waals surface area contributed by atoms with E-state index in [4.69, 9.17) is 11.6 Å². The molecule has 2 fully saturated rings. The van der Waals surface area contributed by atoms with Crippen molar-refractivity contribution in [3.63, 3.8) is 0 Å². The lowest BCUT2D eigenvalue weighted by Crippen LogP contribution is -2.40. The zero-order valence-electron chi connectivity index (χ0n) is 13.8. The van der Waals surface area contributed by atoms with E-state index >= 15 is 0 Å². The van der Waals surface area contributed by atoms with Gasteiger partial charge in [0.05, 0.1) is 17.5 Å². The molecule has 2 unspecified atom stereocenters. The molecule has 2 N–H and O–H groups in total. The monoisotopic (exact) mass is 369 g/mol.